The van der Waals surface area contributed by atoms with Gasteiger partial charge in [-0.1, -0.05) is 20.8 Å². The van der Waals surface area contributed by atoms with Crippen LogP contribution in [-0.2, 0) is 20.5 Å². The van der Waals surface area contributed by atoms with Gasteiger partial charge in [-0.15, -0.1) is 0 Å². The molecule has 0 aliphatic carbocycles. The first-order valence-corrected chi connectivity index (χ1v) is 17.9. The second kappa shape index (κ2) is 15.9. The third-order valence-electron chi connectivity index (χ3n) is 8.14. The van der Waals surface area contributed by atoms with Crippen molar-refractivity contribution in [1.82, 2.24) is 10.3 Å². The SMILES string of the molecule is CC(NC(=O)COCCCCOc1ccc(-c2ccc(N3SSN(c4ccc(C#N)c(C(F)(F)F)c4F)C(=O)C3(C)C)cn2)cc1)C(C)(C)C. The summed E-state index contributed by atoms with van der Waals surface area (Å²) >= 11 is 0. The molecular weight excluding hydrogens is 695 g/mol. The van der Waals surface area contributed by atoms with Crippen LogP contribution in [0.3, 0.4) is 0 Å². The normalized spacial score (nSPS) is 15.4. The summed E-state index contributed by atoms with van der Waals surface area (Å²) in [6.45, 7) is 12.3. The molecule has 0 radical (unpaired) electrons. The Kier molecular flexibility index (Phi) is 12.3. The van der Waals surface area contributed by atoms with Crippen molar-refractivity contribution in [3.63, 3.8) is 0 Å². The largest absolute Gasteiger partial charge is 0.494 e. The zero-order valence-corrected chi connectivity index (χ0v) is 30.2. The summed E-state index contributed by atoms with van der Waals surface area (Å²) in [5.41, 5.74) is -2.42. The Balaban J connectivity index is 1.29. The van der Waals surface area contributed by atoms with Gasteiger partial charge < -0.3 is 14.8 Å². The van der Waals surface area contributed by atoms with E-state index in [9.17, 15) is 22.8 Å². The van der Waals surface area contributed by atoms with Crippen molar-refractivity contribution in [3.8, 4) is 23.1 Å². The van der Waals surface area contributed by atoms with E-state index in [0.29, 0.717) is 30.3 Å². The van der Waals surface area contributed by atoms with Gasteiger partial charge in [0.25, 0.3) is 5.91 Å². The minimum atomic E-state index is -5.12. The van der Waals surface area contributed by atoms with Crippen LogP contribution in [0.4, 0.5) is 28.9 Å². The van der Waals surface area contributed by atoms with E-state index in [1.165, 1.54) is 6.07 Å². The summed E-state index contributed by atoms with van der Waals surface area (Å²) in [5, 5.41) is 12.0. The maximum atomic E-state index is 15.1. The fraction of sp³-hybridized carbons (Fsp3) is 0.429. The molecule has 1 atom stereocenters. The summed E-state index contributed by atoms with van der Waals surface area (Å²) in [5.74, 6) is -1.78. The lowest BCUT2D eigenvalue weighted by molar-refractivity contribution is -0.140. The molecule has 15 heteroatoms. The molecule has 50 heavy (non-hydrogen) atoms. The number of carbonyl (C=O) groups excluding carboxylic acids is 2. The zero-order chi connectivity index (χ0) is 36.9. The number of aromatic nitrogens is 1. The molecule has 2 amide bonds. The highest BCUT2D eigenvalue weighted by molar-refractivity contribution is 8.78. The van der Waals surface area contributed by atoms with Crippen LogP contribution >= 0.6 is 22.0 Å². The number of nitrogens with zero attached hydrogens (tertiary/aromatic N) is 4. The number of carbonyl (C=O) groups is 2. The number of rotatable bonds is 12. The van der Waals surface area contributed by atoms with Crippen LogP contribution in [-0.4, -0.2) is 48.2 Å². The van der Waals surface area contributed by atoms with Crippen molar-refractivity contribution in [2.45, 2.75) is 72.1 Å². The van der Waals surface area contributed by atoms with Crippen molar-refractivity contribution in [2.75, 3.05) is 28.4 Å². The molecule has 1 saturated heterocycles. The molecule has 1 fully saturated rings. The minimum Gasteiger partial charge on any atom is -0.494 e. The first-order valence-electron chi connectivity index (χ1n) is 15.8. The second-order valence-corrected chi connectivity index (χ2v) is 15.1. The molecule has 4 rings (SSSR count). The molecule has 1 aromatic heterocycles. The monoisotopic (exact) mass is 733 g/mol. The number of anilines is 2. The van der Waals surface area contributed by atoms with Gasteiger partial charge in [-0.25, -0.2) is 8.70 Å². The topological polar surface area (TPSA) is 108 Å². The first-order chi connectivity index (χ1) is 23.4. The molecule has 1 unspecified atom stereocenters. The Morgan fingerprint density at radius 3 is 2.32 bits per heavy atom. The molecule has 3 aromatic rings. The molecule has 2 heterocycles. The number of nitrogens with one attached hydrogen (secondary N) is 1. The van der Waals surface area contributed by atoms with E-state index >= 15 is 4.39 Å². The van der Waals surface area contributed by atoms with Gasteiger partial charge in [0.05, 0.1) is 52.5 Å². The van der Waals surface area contributed by atoms with E-state index in [2.05, 4.69) is 31.1 Å². The van der Waals surface area contributed by atoms with Crippen molar-refractivity contribution >= 4 is 45.1 Å². The Bertz CT molecular complexity index is 1710. The summed E-state index contributed by atoms with van der Waals surface area (Å²) in [7, 11) is 1.81. The Hall–Kier alpha value is -4.00. The molecule has 268 valence electrons. The van der Waals surface area contributed by atoms with Gasteiger partial charge in [0.2, 0.25) is 5.91 Å². The Morgan fingerprint density at radius 1 is 1.04 bits per heavy atom. The lowest BCUT2D eigenvalue weighted by Crippen LogP contribution is -2.55. The number of pyridine rings is 1. The number of hydrogen-bond acceptors (Lipinski definition) is 9. The predicted molar refractivity (Wildman–Crippen MR) is 188 cm³/mol. The average molecular weight is 734 g/mol. The predicted octanol–water partition coefficient (Wildman–Crippen LogP) is 8.35. The van der Waals surface area contributed by atoms with E-state index < -0.39 is 40.3 Å². The van der Waals surface area contributed by atoms with Gasteiger partial charge in [0, 0.05) is 29.2 Å². The number of alkyl halides is 3. The van der Waals surface area contributed by atoms with Crippen molar-refractivity contribution < 1.29 is 36.6 Å². The third-order valence-corrected chi connectivity index (χ3v) is 10.6. The van der Waals surface area contributed by atoms with Crippen molar-refractivity contribution in [1.29, 1.82) is 5.26 Å². The third kappa shape index (κ3) is 9.21. The van der Waals surface area contributed by atoms with E-state index in [-0.39, 0.29) is 24.0 Å². The molecule has 0 spiro atoms. The number of amides is 2. The van der Waals surface area contributed by atoms with Crippen LogP contribution in [0.25, 0.3) is 11.3 Å². The molecule has 1 N–H and O–H groups in total. The smallest absolute Gasteiger partial charge is 0.420 e. The maximum absolute atomic E-state index is 15.1. The Morgan fingerprint density at radius 2 is 1.72 bits per heavy atom. The van der Waals surface area contributed by atoms with Gasteiger partial charge in [0.1, 0.15) is 23.5 Å². The molecular formula is C35H39F4N5O4S2. The fourth-order valence-corrected chi connectivity index (χ4v) is 7.46. The van der Waals surface area contributed by atoms with Gasteiger partial charge >= 0.3 is 6.18 Å². The van der Waals surface area contributed by atoms with E-state index in [0.717, 1.165) is 56.8 Å². The quantitative estimate of drug-likeness (QED) is 0.0851. The van der Waals surface area contributed by atoms with Crippen molar-refractivity contribution in [3.05, 3.63) is 71.7 Å². The van der Waals surface area contributed by atoms with Gasteiger partial charge in [-0.05, 0) is 87.6 Å². The van der Waals surface area contributed by atoms with E-state index in [1.807, 2.05) is 31.2 Å². The number of benzene rings is 2. The molecule has 1 aliphatic heterocycles. The van der Waals surface area contributed by atoms with Gasteiger partial charge in [-0.2, -0.15) is 18.4 Å². The van der Waals surface area contributed by atoms with Crippen LogP contribution in [0.15, 0.2) is 54.7 Å². The zero-order valence-electron chi connectivity index (χ0n) is 28.6. The van der Waals surface area contributed by atoms with Gasteiger partial charge in [0.15, 0.2) is 5.82 Å². The maximum Gasteiger partial charge on any atom is 0.420 e. The molecule has 0 bridgehead atoms. The summed E-state index contributed by atoms with van der Waals surface area (Å²) in [4.78, 5) is 30.1. The number of ether oxygens (including phenoxy) is 2. The number of unbranched alkanes of at least 4 members (excludes halogenated alkanes) is 1. The number of hydrogen-bond donors (Lipinski definition) is 1. The Labute approximate surface area is 297 Å². The average Bonchev–Trinajstić information content (AvgIpc) is 3.05. The molecule has 0 saturated carbocycles. The van der Waals surface area contributed by atoms with E-state index in [1.54, 1.807) is 36.5 Å². The minimum absolute atomic E-state index is 0.0232. The number of halogens is 4. The molecule has 9 nitrogen and oxygen atoms in total. The van der Waals surface area contributed by atoms with Crippen molar-refractivity contribution in [2.24, 2.45) is 5.41 Å². The molecule has 1 aliphatic rings. The summed E-state index contributed by atoms with van der Waals surface area (Å²) in [6, 6.07) is 14.2. The van der Waals surface area contributed by atoms with Gasteiger partial charge in [-0.3, -0.25) is 18.9 Å². The highest BCUT2D eigenvalue weighted by atomic mass is 33.1. The fourth-order valence-electron chi connectivity index (χ4n) is 4.70. The lowest BCUT2D eigenvalue weighted by atomic mass is 9.88. The standard InChI is InChI=1S/C35H39F4N5O4S2/c1-22(33(2,3)4)42-29(45)21-47-17-7-8-18-48-26-13-9-23(10-14-26)27-15-12-25(20-41-27)44-34(5,6)32(46)43(49-50-44)28-16-11-24(19-40)30(31(28)36)35(37,38)39/h9-16,20,22H,7-8,17-18,21H2,1-6H3,(H,42,45). The first kappa shape index (κ1) is 38.8. The highest BCUT2D eigenvalue weighted by Gasteiger charge is 2.47. The highest BCUT2D eigenvalue weighted by Crippen LogP contribution is 2.49. The van der Waals surface area contributed by atoms with E-state index in [4.69, 9.17) is 14.7 Å². The van der Waals surface area contributed by atoms with Crippen LogP contribution in [0.5, 0.6) is 5.75 Å². The van der Waals surface area contributed by atoms with Crippen LogP contribution in [0, 0.1) is 22.6 Å². The summed E-state index contributed by atoms with van der Waals surface area (Å²) in [6.07, 6.45) is -2.03. The van der Waals surface area contributed by atoms with Crippen LogP contribution < -0.4 is 18.7 Å². The molecule has 2 aromatic carbocycles. The number of nitriles is 1. The van der Waals surface area contributed by atoms with Crippen LogP contribution in [0.2, 0.25) is 0 Å². The second-order valence-electron chi connectivity index (χ2n) is 13.2. The summed E-state index contributed by atoms with van der Waals surface area (Å²) < 4.78 is 69.7. The van der Waals surface area contributed by atoms with Crippen LogP contribution in [0.1, 0.15) is 65.5 Å². The lowest BCUT2D eigenvalue weighted by Gasteiger charge is -2.44.